The summed E-state index contributed by atoms with van der Waals surface area (Å²) in [4.78, 5) is 4.30. The first-order valence-electron chi connectivity index (χ1n) is 7.47. The summed E-state index contributed by atoms with van der Waals surface area (Å²) < 4.78 is 7.54. The second-order valence-electron chi connectivity index (χ2n) is 5.08. The maximum atomic E-state index is 5.68. The highest BCUT2D eigenvalue weighted by Crippen LogP contribution is 2.26. The molecule has 0 bridgehead atoms. The largest absolute Gasteiger partial charge is 0.492 e. The van der Waals surface area contributed by atoms with Crippen LogP contribution in [-0.4, -0.2) is 28.4 Å². The van der Waals surface area contributed by atoms with Crippen molar-refractivity contribution in [3.8, 4) is 5.75 Å². The minimum absolute atomic E-state index is 0.0753. The van der Waals surface area contributed by atoms with Gasteiger partial charge in [0.05, 0.1) is 24.5 Å². The summed E-state index contributed by atoms with van der Waals surface area (Å²) in [5, 5.41) is 7.88. The summed E-state index contributed by atoms with van der Waals surface area (Å²) in [5.41, 5.74) is 3.39. The summed E-state index contributed by atoms with van der Waals surface area (Å²) in [6.45, 7) is 4.93. The van der Waals surface area contributed by atoms with Crippen LogP contribution in [0.1, 0.15) is 43.1 Å². The Kier molecular flexibility index (Phi) is 5.33. The average Bonchev–Trinajstić information content (AvgIpc) is 2.87. The van der Waals surface area contributed by atoms with Crippen LogP contribution in [-0.2, 0) is 13.5 Å². The van der Waals surface area contributed by atoms with Crippen LogP contribution in [0.3, 0.4) is 0 Å². The van der Waals surface area contributed by atoms with Crippen LogP contribution in [0.2, 0.25) is 0 Å². The molecule has 1 unspecified atom stereocenters. The molecular weight excluding hydrogens is 264 g/mol. The van der Waals surface area contributed by atoms with Crippen LogP contribution in [0.25, 0.3) is 0 Å². The molecule has 0 saturated heterocycles. The Balaban J connectivity index is 2.32. The maximum absolute atomic E-state index is 5.68. The first-order valence-corrected chi connectivity index (χ1v) is 7.47. The number of hydrogen-bond acceptors (Lipinski definition) is 4. The highest BCUT2D eigenvalue weighted by Gasteiger charge is 2.19. The van der Waals surface area contributed by atoms with E-state index in [1.54, 1.807) is 6.20 Å². The molecule has 5 nitrogen and oxygen atoms in total. The van der Waals surface area contributed by atoms with Crippen molar-refractivity contribution in [2.45, 2.75) is 32.7 Å². The van der Waals surface area contributed by atoms with E-state index in [0.717, 1.165) is 29.8 Å². The Bertz CT molecular complexity index is 579. The third-order valence-corrected chi connectivity index (χ3v) is 3.41. The minimum atomic E-state index is 0.0753. The topological polar surface area (TPSA) is 52.0 Å². The molecule has 0 radical (unpaired) electrons. The highest BCUT2D eigenvalue weighted by atomic mass is 16.5. The lowest BCUT2D eigenvalue weighted by molar-refractivity contribution is 0.315. The summed E-state index contributed by atoms with van der Waals surface area (Å²) in [6.07, 6.45) is 7.61. The quantitative estimate of drug-likeness (QED) is 0.850. The number of aryl methyl sites for hydroxylation is 2. The maximum Gasteiger partial charge on any atom is 0.137 e. The van der Waals surface area contributed by atoms with E-state index in [1.165, 1.54) is 5.56 Å². The summed E-state index contributed by atoms with van der Waals surface area (Å²) in [7, 11) is 3.91. The van der Waals surface area contributed by atoms with E-state index in [2.05, 4.69) is 41.5 Å². The van der Waals surface area contributed by atoms with Crippen molar-refractivity contribution in [1.29, 1.82) is 0 Å². The number of nitrogens with one attached hydrogen (secondary N) is 1. The van der Waals surface area contributed by atoms with Gasteiger partial charge in [0.25, 0.3) is 0 Å². The highest BCUT2D eigenvalue weighted by molar-refractivity contribution is 5.35. The fourth-order valence-corrected chi connectivity index (χ4v) is 2.46. The number of aromatic nitrogens is 3. The molecule has 114 valence electrons. The Hall–Kier alpha value is -1.88. The standard InChI is InChI=1S/C16H24N4O/c1-5-7-21-13-8-12(9-18-10-13)16(17-3)14-11-20(4)19-15(14)6-2/h8-11,16-17H,5-7H2,1-4H3. The average molecular weight is 288 g/mol. The van der Waals surface area contributed by atoms with Crippen molar-refractivity contribution in [2.24, 2.45) is 7.05 Å². The second kappa shape index (κ2) is 7.22. The first-order chi connectivity index (χ1) is 10.2. The smallest absolute Gasteiger partial charge is 0.137 e. The van der Waals surface area contributed by atoms with Gasteiger partial charge in [-0.1, -0.05) is 13.8 Å². The molecule has 1 atom stereocenters. The van der Waals surface area contributed by atoms with Crippen molar-refractivity contribution in [2.75, 3.05) is 13.7 Å². The number of rotatable bonds is 7. The lowest BCUT2D eigenvalue weighted by Gasteiger charge is -2.17. The zero-order valence-corrected chi connectivity index (χ0v) is 13.3. The van der Waals surface area contributed by atoms with Gasteiger partial charge in [0.15, 0.2) is 0 Å². The molecule has 0 amide bonds. The second-order valence-corrected chi connectivity index (χ2v) is 5.08. The van der Waals surface area contributed by atoms with E-state index in [9.17, 15) is 0 Å². The van der Waals surface area contributed by atoms with Crippen LogP contribution >= 0.6 is 0 Å². The molecule has 2 heterocycles. The zero-order chi connectivity index (χ0) is 15.2. The molecule has 2 aromatic rings. The van der Waals surface area contributed by atoms with Crippen LogP contribution in [0.4, 0.5) is 0 Å². The van der Waals surface area contributed by atoms with Gasteiger partial charge >= 0.3 is 0 Å². The van der Waals surface area contributed by atoms with Crippen molar-refractivity contribution in [3.05, 3.63) is 41.5 Å². The molecule has 0 aliphatic heterocycles. The molecule has 0 aliphatic carbocycles. The van der Waals surface area contributed by atoms with Gasteiger partial charge in [0, 0.05) is 25.0 Å². The fraction of sp³-hybridized carbons (Fsp3) is 0.500. The fourth-order valence-electron chi connectivity index (χ4n) is 2.46. The van der Waals surface area contributed by atoms with Gasteiger partial charge in [-0.3, -0.25) is 9.67 Å². The summed E-state index contributed by atoms with van der Waals surface area (Å²) in [5.74, 6) is 0.816. The molecule has 5 heteroatoms. The summed E-state index contributed by atoms with van der Waals surface area (Å²) >= 11 is 0. The minimum Gasteiger partial charge on any atom is -0.492 e. The Morgan fingerprint density at radius 3 is 2.81 bits per heavy atom. The monoisotopic (exact) mass is 288 g/mol. The van der Waals surface area contributed by atoms with Gasteiger partial charge in [-0.15, -0.1) is 0 Å². The Labute approximate surface area is 126 Å². The SMILES string of the molecule is CCCOc1cncc(C(NC)c2cn(C)nc2CC)c1. The van der Waals surface area contributed by atoms with Crippen LogP contribution in [0.5, 0.6) is 5.75 Å². The van der Waals surface area contributed by atoms with Crippen LogP contribution in [0, 0.1) is 0 Å². The van der Waals surface area contributed by atoms with E-state index >= 15 is 0 Å². The van der Waals surface area contributed by atoms with Gasteiger partial charge in [0.2, 0.25) is 0 Å². The molecule has 0 aliphatic rings. The zero-order valence-electron chi connectivity index (χ0n) is 13.3. The van der Waals surface area contributed by atoms with Crippen molar-refractivity contribution < 1.29 is 4.74 Å². The van der Waals surface area contributed by atoms with Gasteiger partial charge in [-0.25, -0.2) is 0 Å². The Morgan fingerprint density at radius 2 is 2.14 bits per heavy atom. The molecule has 2 aromatic heterocycles. The molecular formula is C16H24N4O. The van der Waals surface area contributed by atoms with Crippen molar-refractivity contribution in [3.63, 3.8) is 0 Å². The summed E-state index contributed by atoms with van der Waals surface area (Å²) in [6, 6.07) is 2.13. The molecule has 2 rings (SSSR count). The number of hydrogen-bond donors (Lipinski definition) is 1. The van der Waals surface area contributed by atoms with Gasteiger partial charge in [-0.2, -0.15) is 5.10 Å². The number of nitrogens with zero attached hydrogens (tertiary/aromatic N) is 3. The third kappa shape index (κ3) is 3.61. The van der Waals surface area contributed by atoms with Gasteiger partial charge in [0.1, 0.15) is 5.75 Å². The molecule has 0 saturated carbocycles. The first kappa shape index (κ1) is 15.5. The molecule has 1 N–H and O–H groups in total. The van der Waals surface area contributed by atoms with Crippen LogP contribution < -0.4 is 10.1 Å². The normalized spacial score (nSPS) is 12.4. The van der Waals surface area contributed by atoms with Gasteiger partial charge in [-0.05, 0) is 31.5 Å². The molecule has 0 fully saturated rings. The number of ether oxygens (including phenoxy) is 1. The predicted octanol–water partition coefficient (Wildman–Crippen LogP) is 2.48. The third-order valence-electron chi connectivity index (χ3n) is 3.41. The van der Waals surface area contributed by atoms with E-state index in [0.29, 0.717) is 6.61 Å². The lowest BCUT2D eigenvalue weighted by Crippen LogP contribution is -2.18. The van der Waals surface area contributed by atoms with E-state index in [4.69, 9.17) is 4.74 Å². The Morgan fingerprint density at radius 1 is 1.33 bits per heavy atom. The molecule has 21 heavy (non-hydrogen) atoms. The van der Waals surface area contributed by atoms with Crippen molar-refractivity contribution in [1.82, 2.24) is 20.1 Å². The van der Waals surface area contributed by atoms with Crippen LogP contribution in [0.15, 0.2) is 24.7 Å². The lowest BCUT2D eigenvalue weighted by atomic mass is 10.00. The van der Waals surface area contributed by atoms with E-state index < -0.39 is 0 Å². The molecule has 0 aromatic carbocycles. The number of pyridine rings is 1. The van der Waals surface area contributed by atoms with Crippen molar-refractivity contribution >= 4 is 0 Å². The predicted molar refractivity (Wildman–Crippen MR) is 83.5 cm³/mol. The molecule has 0 spiro atoms. The van der Waals surface area contributed by atoms with Gasteiger partial charge < -0.3 is 10.1 Å². The van der Waals surface area contributed by atoms with E-state index in [-0.39, 0.29) is 6.04 Å². The van der Waals surface area contributed by atoms with E-state index in [1.807, 2.05) is 25.0 Å².